The van der Waals surface area contributed by atoms with Gasteiger partial charge >= 0.3 is 0 Å². The third-order valence-corrected chi connectivity index (χ3v) is 8.33. The lowest BCUT2D eigenvalue weighted by Gasteiger charge is -2.36. The van der Waals surface area contributed by atoms with Crippen molar-refractivity contribution in [1.29, 1.82) is 0 Å². The van der Waals surface area contributed by atoms with E-state index >= 15 is 0 Å². The number of ether oxygens (including phenoxy) is 2. The molecule has 2 unspecified atom stereocenters. The van der Waals surface area contributed by atoms with Gasteiger partial charge in [0, 0.05) is 63.0 Å². The topological polar surface area (TPSA) is 49.8 Å². The molecule has 2 aromatic carbocycles. The molecule has 3 aliphatic heterocycles. The van der Waals surface area contributed by atoms with Gasteiger partial charge in [0.1, 0.15) is 29.6 Å². The van der Waals surface area contributed by atoms with Crippen molar-refractivity contribution in [2.75, 3.05) is 59.5 Å². The summed E-state index contributed by atoms with van der Waals surface area (Å²) >= 11 is 0. The van der Waals surface area contributed by atoms with Gasteiger partial charge in [0.25, 0.3) is 0 Å². The molecule has 0 saturated carbocycles. The summed E-state index contributed by atoms with van der Waals surface area (Å²) in [5, 5.41) is 4.56. The van der Waals surface area contributed by atoms with Crippen LogP contribution in [0.25, 0.3) is 6.08 Å². The summed E-state index contributed by atoms with van der Waals surface area (Å²) in [6.45, 7) is 16.9. The quantitative estimate of drug-likeness (QED) is 0.420. The first-order valence-corrected chi connectivity index (χ1v) is 14.5. The lowest BCUT2D eigenvalue weighted by molar-refractivity contribution is 0.0101. The second kappa shape index (κ2) is 12.7. The lowest BCUT2D eigenvalue weighted by atomic mass is 9.89. The number of halogens is 1. The van der Waals surface area contributed by atoms with Crippen molar-refractivity contribution in [2.24, 2.45) is 11.1 Å². The average molecular weight is 551 g/mol. The summed E-state index contributed by atoms with van der Waals surface area (Å²) in [7, 11) is 1.73. The van der Waals surface area contributed by atoms with Crippen molar-refractivity contribution in [3.05, 3.63) is 64.5 Å². The predicted molar refractivity (Wildman–Crippen MR) is 158 cm³/mol. The Hall–Kier alpha value is -2.94. The molecular formula is C32H43FN4O3. The summed E-state index contributed by atoms with van der Waals surface area (Å²) in [5.41, 5.74) is 5.41. The number of piperazine rings is 1. The molecule has 0 aromatic heterocycles. The second-order valence-corrected chi connectivity index (χ2v) is 11.5. The molecule has 216 valence electrons. The van der Waals surface area contributed by atoms with Crippen LogP contribution in [0.5, 0.6) is 11.5 Å². The maximum Gasteiger partial charge on any atom is 0.151 e. The zero-order valence-corrected chi connectivity index (χ0v) is 24.5. The van der Waals surface area contributed by atoms with Gasteiger partial charge in [-0.15, -0.1) is 0 Å². The summed E-state index contributed by atoms with van der Waals surface area (Å²) in [6, 6.07) is 11.3. The molecule has 40 heavy (non-hydrogen) atoms. The van der Waals surface area contributed by atoms with E-state index in [0.29, 0.717) is 12.6 Å². The summed E-state index contributed by atoms with van der Waals surface area (Å²) in [4.78, 5) is 13.4. The van der Waals surface area contributed by atoms with Gasteiger partial charge in [-0.05, 0) is 57.1 Å². The highest BCUT2D eigenvalue weighted by Crippen LogP contribution is 2.38. The molecule has 0 amide bonds. The molecule has 1 saturated heterocycles. The first kappa shape index (κ1) is 28.6. The molecule has 0 aliphatic carbocycles. The van der Waals surface area contributed by atoms with Crippen LogP contribution in [0.4, 0.5) is 4.39 Å². The Kier molecular flexibility index (Phi) is 9.08. The van der Waals surface area contributed by atoms with Crippen LogP contribution in [0.3, 0.4) is 0 Å². The Labute approximate surface area is 238 Å². The van der Waals surface area contributed by atoms with E-state index < -0.39 is 0 Å². The summed E-state index contributed by atoms with van der Waals surface area (Å²) < 4.78 is 25.3. The zero-order valence-electron chi connectivity index (χ0n) is 24.5. The van der Waals surface area contributed by atoms with Gasteiger partial charge < -0.3 is 14.3 Å². The average Bonchev–Trinajstić information content (AvgIpc) is 3.36. The van der Waals surface area contributed by atoms with E-state index in [1.807, 2.05) is 12.1 Å². The fourth-order valence-corrected chi connectivity index (χ4v) is 5.96. The Morgan fingerprint density at radius 2 is 1.88 bits per heavy atom. The number of oxime groups is 1. The van der Waals surface area contributed by atoms with Crippen LogP contribution >= 0.6 is 0 Å². The number of hydrogen-bond acceptors (Lipinski definition) is 7. The minimum Gasteiger partial charge on any atom is -0.496 e. The molecule has 7 nitrogen and oxygen atoms in total. The third-order valence-electron chi connectivity index (χ3n) is 8.33. The Balaban J connectivity index is 1.16. The number of fused-ring (bicyclic) bond motifs is 3. The standard InChI is InChI=1S/C32H43FN4O3/c1-6-37(22(2)3)19-25-16-30-27(17-29(25)38-5)32-28(21-39-30)31(40-34-32)20-36-13-11-35(12-14-36)18-23(4)15-24-7-9-26(33)10-8-24/h7-10,15-17,22,28,31H,6,11-14,18-21H2,1-5H3/b23-15+. The minimum absolute atomic E-state index is 0.0167. The molecule has 2 aromatic rings. The number of nitrogens with zero attached hydrogens (tertiary/aromatic N) is 4. The van der Waals surface area contributed by atoms with Gasteiger partial charge in [0.05, 0.1) is 13.0 Å². The molecule has 2 atom stereocenters. The molecule has 0 bridgehead atoms. The van der Waals surface area contributed by atoms with Crippen LogP contribution in [-0.4, -0.2) is 92.1 Å². The van der Waals surface area contributed by atoms with Crippen LogP contribution in [0.1, 0.15) is 44.4 Å². The Bertz CT molecular complexity index is 1220. The van der Waals surface area contributed by atoms with E-state index in [0.717, 1.165) is 86.3 Å². The zero-order chi connectivity index (χ0) is 28.2. The number of hydrogen-bond donors (Lipinski definition) is 0. The van der Waals surface area contributed by atoms with Gasteiger partial charge in [0.15, 0.2) is 6.10 Å². The highest BCUT2D eigenvalue weighted by molar-refractivity contribution is 6.06. The summed E-state index contributed by atoms with van der Waals surface area (Å²) in [6.07, 6.45) is 2.12. The Morgan fingerprint density at radius 3 is 2.55 bits per heavy atom. The minimum atomic E-state index is -0.201. The largest absolute Gasteiger partial charge is 0.496 e. The first-order valence-electron chi connectivity index (χ1n) is 14.5. The fraction of sp³-hybridized carbons (Fsp3) is 0.531. The van der Waals surface area contributed by atoms with E-state index in [2.05, 4.69) is 65.8 Å². The molecule has 0 radical (unpaired) electrons. The predicted octanol–water partition coefficient (Wildman–Crippen LogP) is 4.90. The van der Waals surface area contributed by atoms with Crippen molar-refractivity contribution in [3.8, 4) is 11.5 Å². The lowest BCUT2D eigenvalue weighted by Crippen LogP contribution is -2.50. The molecule has 3 aliphatic rings. The Morgan fingerprint density at radius 1 is 1.15 bits per heavy atom. The van der Waals surface area contributed by atoms with Crippen molar-refractivity contribution in [2.45, 2.75) is 46.4 Å². The first-order chi connectivity index (χ1) is 19.3. The van der Waals surface area contributed by atoms with Gasteiger partial charge in [-0.3, -0.25) is 14.7 Å². The van der Waals surface area contributed by atoms with Crippen molar-refractivity contribution < 1.29 is 18.7 Å². The van der Waals surface area contributed by atoms with Crippen LogP contribution in [0, 0.1) is 11.7 Å². The number of rotatable bonds is 10. The van der Waals surface area contributed by atoms with Crippen LogP contribution in [0.15, 0.2) is 47.1 Å². The van der Waals surface area contributed by atoms with Crippen molar-refractivity contribution in [1.82, 2.24) is 14.7 Å². The third kappa shape index (κ3) is 6.51. The molecule has 0 N–H and O–H groups in total. The molecule has 8 heteroatoms. The van der Waals surface area contributed by atoms with Crippen LogP contribution in [0.2, 0.25) is 0 Å². The SMILES string of the molecule is CCN(Cc1cc2c(cc1OC)C1=NOC(CN3CCN(C/C(C)=C/c4ccc(F)cc4)CC3)C1CO2)C(C)C. The van der Waals surface area contributed by atoms with E-state index in [9.17, 15) is 4.39 Å². The van der Waals surface area contributed by atoms with Crippen LogP contribution in [-0.2, 0) is 11.4 Å². The molecular weight excluding hydrogens is 507 g/mol. The van der Waals surface area contributed by atoms with E-state index in [-0.39, 0.29) is 17.8 Å². The number of benzene rings is 2. The summed E-state index contributed by atoms with van der Waals surface area (Å²) in [5.74, 6) is 1.65. The monoisotopic (exact) mass is 550 g/mol. The van der Waals surface area contributed by atoms with Crippen LogP contribution < -0.4 is 9.47 Å². The van der Waals surface area contributed by atoms with Gasteiger partial charge in [0.2, 0.25) is 0 Å². The normalized spacial score (nSPS) is 21.6. The molecule has 0 spiro atoms. The van der Waals surface area contributed by atoms with Gasteiger partial charge in [-0.1, -0.05) is 35.9 Å². The molecule has 1 fully saturated rings. The smallest absolute Gasteiger partial charge is 0.151 e. The molecule has 3 heterocycles. The van der Waals surface area contributed by atoms with E-state index in [1.54, 1.807) is 7.11 Å². The van der Waals surface area contributed by atoms with E-state index in [4.69, 9.17) is 14.3 Å². The van der Waals surface area contributed by atoms with Gasteiger partial charge in [-0.2, -0.15) is 0 Å². The van der Waals surface area contributed by atoms with E-state index in [1.165, 1.54) is 17.7 Å². The maximum absolute atomic E-state index is 13.2. The van der Waals surface area contributed by atoms with Gasteiger partial charge in [-0.25, -0.2) is 4.39 Å². The maximum atomic E-state index is 13.2. The highest BCUT2D eigenvalue weighted by atomic mass is 19.1. The fourth-order valence-electron chi connectivity index (χ4n) is 5.96. The van der Waals surface area contributed by atoms with Crippen molar-refractivity contribution in [3.63, 3.8) is 0 Å². The molecule has 5 rings (SSSR count). The highest BCUT2D eigenvalue weighted by Gasteiger charge is 2.41. The number of methoxy groups -OCH3 is 1. The second-order valence-electron chi connectivity index (χ2n) is 11.5. The van der Waals surface area contributed by atoms with Crippen molar-refractivity contribution >= 4 is 11.8 Å².